The molecule has 2 radical (unpaired) electrons. The van der Waals surface area contributed by atoms with Gasteiger partial charge in [0.15, 0.2) is 0 Å². The van der Waals surface area contributed by atoms with Crippen LogP contribution in [0, 0.1) is 0 Å². The van der Waals surface area contributed by atoms with Crippen LogP contribution in [0.1, 0.15) is 39.0 Å². The lowest BCUT2D eigenvalue weighted by Crippen LogP contribution is -1.86. The standard InChI is InChI=1S/C7H14FP/c1-2-3-4-5-6-7(8)9/h7H,2-6H2,1H3. The van der Waals surface area contributed by atoms with E-state index in [0.29, 0.717) is 6.42 Å². The predicted octanol–water partition coefficient (Wildman–Crippen LogP) is 3.66. The molecular weight excluding hydrogens is 134 g/mol. The van der Waals surface area contributed by atoms with Crippen molar-refractivity contribution in [2.24, 2.45) is 0 Å². The molecule has 0 rings (SSSR count). The molecule has 0 nitrogen and oxygen atoms in total. The molecule has 0 heterocycles. The average Bonchev–Trinajstić information content (AvgIpc) is 1.80. The first-order chi connectivity index (χ1) is 4.27. The third kappa shape index (κ3) is 8.36. The maximum Gasteiger partial charge on any atom is 0.128 e. The van der Waals surface area contributed by atoms with E-state index in [9.17, 15) is 4.39 Å². The number of alkyl halides is 1. The summed E-state index contributed by atoms with van der Waals surface area (Å²) in [7, 11) is 3.63. The molecular formula is C7H14FP. The van der Waals surface area contributed by atoms with E-state index < -0.39 is 5.91 Å². The van der Waals surface area contributed by atoms with E-state index in [1.165, 1.54) is 12.8 Å². The van der Waals surface area contributed by atoms with Crippen molar-refractivity contribution in [2.45, 2.75) is 44.9 Å². The normalized spacial score (nSPS) is 13.7. The van der Waals surface area contributed by atoms with Gasteiger partial charge in [-0.2, -0.15) is 0 Å². The van der Waals surface area contributed by atoms with Crippen LogP contribution in [-0.4, -0.2) is 5.91 Å². The third-order valence-corrected chi connectivity index (χ3v) is 1.55. The summed E-state index contributed by atoms with van der Waals surface area (Å²) in [4.78, 5) is 0. The van der Waals surface area contributed by atoms with Crippen molar-refractivity contribution >= 4 is 9.24 Å². The van der Waals surface area contributed by atoms with Crippen LogP contribution >= 0.6 is 9.24 Å². The predicted molar refractivity (Wildman–Crippen MR) is 40.6 cm³/mol. The molecule has 2 heteroatoms. The van der Waals surface area contributed by atoms with Crippen LogP contribution in [0.15, 0.2) is 0 Å². The largest absolute Gasteiger partial charge is 0.242 e. The number of hydrogen-bond donors (Lipinski definition) is 0. The van der Waals surface area contributed by atoms with E-state index in [0.717, 1.165) is 12.8 Å². The Hall–Kier alpha value is 0.360. The van der Waals surface area contributed by atoms with Gasteiger partial charge < -0.3 is 0 Å². The molecule has 0 saturated heterocycles. The highest BCUT2D eigenvalue weighted by molar-refractivity contribution is 7.17. The topological polar surface area (TPSA) is 0 Å². The first kappa shape index (κ1) is 9.36. The molecule has 0 aromatic rings. The fourth-order valence-electron chi connectivity index (χ4n) is 0.740. The molecule has 0 bridgehead atoms. The van der Waals surface area contributed by atoms with Gasteiger partial charge in [-0.1, -0.05) is 32.6 Å². The van der Waals surface area contributed by atoms with Gasteiger partial charge in [-0.25, -0.2) is 4.39 Å². The molecule has 0 saturated carbocycles. The van der Waals surface area contributed by atoms with Crippen LogP contribution in [0.2, 0.25) is 0 Å². The van der Waals surface area contributed by atoms with Crippen LogP contribution in [-0.2, 0) is 0 Å². The first-order valence-electron chi connectivity index (χ1n) is 3.59. The molecule has 1 unspecified atom stereocenters. The highest BCUT2D eigenvalue weighted by Crippen LogP contribution is 2.12. The van der Waals surface area contributed by atoms with Crippen molar-refractivity contribution < 1.29 is 4.39 Å². The minimum Gasteiger partial charge on any atom is -0.242 e. The molecule has 0 aromatic heterocycles. The second-order valence-electron chi connectivity index (χ2n) is 2.28. The van der Waals surface area contributed by atoms with Gasteiger partial charge in [-0.05, 0) is 15.7 Å². The zero-order valence-electron chi connectivity index (χ0n) is 5.94. The Morgan fingerprint density at radius 3 is 2.44 bits per heavy atom. The zero-order valence-corrected chi connectivity index (χ0v) is 6.83. The minimum atomic E-state index is -0.901. The van der Waals surface area contributed by atoms with Crippen molar-refractivity contribution in [3.05, 3.63) is 0 Å². The first-order valence-corrected chi connectivity index (χ1v) is 4.11. The van der Waals surface area contributed by atoms with Crippen molar-refractivity contribution in [3.63, 3.8) is 0 Å². The van der Waals surface area contributed by atoms with Gasteiger partial charge in [0.1, 0.15) is 5.91 Å². The summed E-state index contributed by atoms with van der Waals surface area (Å²) in [6.45, 7) is 2.15. The van der Waals surface area contributed by atoms with Crippen LogP contribution in [0.3, 0.4) is 0 Å². The molecule has 0 amide bonds. The van der Waals surface area contributed by atoms with Gasteiger partial charge in [0.2, 0.25) is 0 Å². The SMILES string of the molecule is CCCCCCC(F)[P]. The fourth-order valence-corrected chi connectivity index (χ4v) is 0.922. The van der Waals surface area contributed by atoms with Gasteiger partial charge >= 0.3 is 0 Å². The number of rotatable bonds is 5. The molecule has 0 aliphatic rings. The van der Waals surface area contributed by atoms with Crippen LogP contribution in [0.4, 0.5) is 4.39 Å². The van der Waals surface area contributed by atoms with Crippen molar-refractivity contribution in [1.29, 1.82) is 0 Å². The Labute approximate surface area is 59.4 Å². The van der Waals surface area contributed by atoms with Gasteiger partial charge in [0, 0.05) is 0 Å². The molecule has 0 fully saturated rings. The summed E-state index contributed by atoms with van der Waals surface area (Å²) in [6, 6.07) is 0. The number of hydrogen-bond acceptors (Lipinski definition) is 0. The monoisotopic (exact) mass is 148 g/mol. The lowest BCUT2D eigenvalue weighted by molar-refractivity contribution is 0.412. The second kappa shape index (κ2) is 6.48. The fraction of sp³-hybridized carbons (Fsp3) is 1.00. The Morgan fingerprint density at radius 2 is 2.00 bits per heavy atom. The average molecular weight is 148 g/mol. The smallest absolute Gasteiger partial charge is 0.128 e. The molecule has 0 aliphatic carbocycles. The second-order valence-corrected chi connectivity index (χ2v) is 2.84. The third-order valence-electron chi connectivity index (χ3n) is 1.30. The maximum absolute atomic E-state index is 12.0. The van der Waals surface area contributed by atoms with E-state index in [1.807, 2.05) is 0 Å². The molecule has 0 aromatic carbocycles. The Morgan fingerprint density at radius 1 is 1.33 bits per heavy atom. The lowest BCUT2D eigenvalue weighted by atomic mass is 10.2. The molecule has 1 atom stereocenters. The van der Waals surface area contributed by atoms with Gasteiger partial charge in [-0.15, -0.1) is 0 Å². The van der Waals surface area contributed by atoms with Crippen LogP contribution in [0.5, 0.6) is 0 Å². The van der Waals surface area contributed by atoms with Gasteiger partial charge in [0.25, 0.3) is 0 Å². The summed E-state index contributed by atoms with van der Waals surface area (Å²) < 4.78 is 12.0. The molecule has 0 N–H and O–H groups in total. The molecule has 0 aliphatic heterocycles. The number of unbranched alkanes of at least 4 members (excludes halogenated alkanes) is 3. The Bertz CT molecular complexity index is 54.9. The van der Waals surface area contributed by atoms with Crippen molar-refractivity contribution in [3.8, 4) is 0 Å². The summed E-state index contributed by atoms with van der Waals surface area (Å²) in [6.07, 6.45) is 5.18. The van der Waals surface area contributed by atoms with Gasteiger partial charge in [0.05, 0.1) is 0 Å². The van der Waals surface area contributed by atoms with E-state index in [1.54, 1.807) is 0 Å². The highest BCUT2D eigenvalue weighted by Gasteiger charge is 1.96. The van der Waals surface area contributed by atoms with E-state index in [2.05, 4.69) is 16.2 Å². The summed E-state index contributed by atoms with van der Waals surface area (Å²) in [5, 5.41) is 0. The van der Waals surface area contributed by atoms with Crippen molar-refractivity contribution in [1.82, 2.24) is 0 Å². The number of halogens is 1. The molecule has 0 spiro atoms. The molecule has 54 valence electrons. The lowest BCUT2D eigenvalue weighted by Gasteiger charge is -1.98. The highest BCUT2D eigenvalue weighted by atomic mass is 31.0. The summed E-state index contributed by atoms with van der Waals surface area (Å²) in [5.74, 6) is -0.901. The zero-order chi connectivity index (χ0) is 7.11. The quantitative estimate of drug-likeness (QED) is 0.412. The summed E-state index contributed by atoms with van der Waals surface area (Å²) >= 11 is 0. The van der Waals surface area contributed by atoms with Gasteiger partial charge in [-0.3, -0.25) is 0 Å². The maximum atomic E-state index is 12.0. The van der Waals surface area contributed by atoms with E-state index in [4.69, 9.17) is 0 Å². The van der Waals surface area contributed by atoms with E-state index >= 15 is 0 Å². The van der Waals surface area contributed by atoms with Crippen LogP contribution < -0.4 is 0 Å². The van der Waals surface area contributed by atoms with E-state index in [-0.39, 0.29) is 0 Å². The Balaban J connectivity index is 2.75. The molecule has 9 heavy (non-hydrogen) atoms. The van der Waals surface area contributed by atoms with Crippen LogP contribution in [0.25, 0.3) is 0 Å². The minimum absolute atomic E-state index is 0.614. The van der Waals surface area contributed by atoms with Crippen molar-refractivity contribution in [2.75, 3.05) is 0 Å². The summed E-state index contributed by atoms with van der Waals surface area (Å²) in [5.41, 5.74) is 0. The Kier molecular flexibility index (Phi) is 6.74.